The zero-order chi connectivity index (χ0) is 11.4. The van der Waals surface area contributed by atoms with Gasteiger partial charge in [-0.1, -0.05) is 0 Å². The van der Waals surface area contributed by atoms with Crippen LogP contribution in [0.25, 0.3) is 0 Å². The molecule has 0 aromatic rings. The van der Waals surface area contributed by atoms with E-state index in [-0.39, 0.29) is 7.13 Å². The quantitative estimate of drug-likeness (QED) is 0.317. The highest BCUT2D eigenvalue weighted by atomic mass is 32.2. The first-order valence-corrected chi connectivity index (χ1v) is 5.33. The lowest BCUT2D eigenvalue weighted by atomic mass is 10.5. The second-order valence-corrected chi connectivity index (χ2v) is 3.01. The van der Waals surface area contributed by atoms with Crippen molar-refractivity contribution in [1.82, 2.24) is 0 Å². The molecule has 0 unspecified atom stereocenters. The van der Waals surface area contributed by atoms with Gasteiger partial charge in [-0.05, 0) is 41.8 Å². The number of carbonyl (C=O) groups is 1. The number of esters is 1. The normalized spacial score (nSPS) is 6.40. The Balaban J connectivity index is -0.0000000980. The molecule has 84 valence electrons. The van der Waals surface area contributed by atoms with Crippen molar-refractivity contribution in [3.63, 3.8) is 0 Å². The van der Waals surface area contributed by atoms with E-state index in [2.05, 4.69) is 41.4 Å². The van der Waals surface area contributed by atoms with E-state index in [1.807, 2.05) is 6.26 Å². The van der Waals surface area contributed by atoms with Crippen LogP contribution in [-0.2, 0) is 9.53 Å². The molecular formula is C12H18O2S. The van der Waals surface area contributed by atoms with Crippen LogP contribution in [0.2, 0.25) is 0 Å². The minimum Gasteiger partial charge on any atom is -0.455 e. The molecule has 0 saturated carbocycles. The predicted molar refractivity (Wildman–Crippen MR) is 72.1 cm³/mol. The molecule has 0 amide bonds. The van der Waals surface area contributed by atoms with E-state index in [1.165, 1.54) is 0 Å². The summed E-state index contributed by atoms with van der Waals surface area (Å²) in [5, 5.41) is 0. The van der Waals surface area contributed by atoms with Crippen LogP contribution < -0.4 is 0 Å². The molecule has 0 aromatic carbocycles. The molecule has 0 N–H and O–H groups in total. The molecule has 2 nitrogen and oxygen atoms in total. The summed E-state index contributed by atoms with van der Waals surface area (Å²) >= 11 is 1.59. The average molecular weight is 226 g/mol. The minimum atomic E-state index is -0.580. The Morgan fingerprint density at radius 1 is 1.33 bits per heavy atom. The molecule has 0 aromatic heterocycles. The molecule has 0 heterocycles. The van der Waals surface area contributed by atoms with Gasteiger partial charge >= 0.3 is 5.97 Å². The Kier molecular flexibility index (Phi) is 8.83. The first-order chi connectivity index (χ1) is 7.31. The monoisotopic (exact) mass is 226 g/mol. The topological polar surface area (TPSA) is 26.3 Å². The third-order valence-corrected chi connectivity index (χ3v) is 1.58. The van der Waals surface area contributed by atoms with E-state index in [1.54, 1.807) is 11.8 Å². The fraction of sp³-hybridized carbons (Fsp3) is 0.250. The number of thioether (sulfide) groups is 1. The highest BCUT2D eigenvalue weighted by Crippen LogP contribution is 1.90. The summed E-state index contributed by atoms with van der Waals surface area (Å²) < 4.78 is 4.74. The van der Waals surface area contributed by atoms with Gasteiger partial charge in [0.1, 0.15) is 6.61 Å². The van der Waals surface area contributed by atoms with Crippen LogP contribution in [0.1, 0.15) is 7.13 Å². The third-order valence-electron chi connectivity index (χ3n) is 1.01. The van der Waals surface area contributed by atoms with E-state index in [9.17, 15) is 4.79 Å². The Labute approximate surface area is 102 Å². The van der Waals surface area contributed by atoms with Crippen molar-refractivity contribution in [3.05, 3.63) is 0 Å². The van der Waals surface area contributed by atoms with Crippen molar-refractivity contribution >= 4 is 17.7 Å². The van der Waals surface area contributed by atoms with Gasteiger partial charge in [0.15, 0.2) is 0 Å². The number of rotatable bonds is 3. The fourth-order valence-corrected chi connectivity index (χ4v) is 0.716. The second-order valence-electron chi connectivity index (χ2n) is 2.02. The molecule has 0 fully saturated rings. The SMILES string of the molecule is C#CC#CC#CC#CC(=O)OCCSC.[HH].[HH].[HH].[HH].[HH]. The molecule has 0 spiro atoms. The van der Waals surface area contributed by atoms with Crippen LogP contribution in [-0.4, -0.2) is 24.6 Å². The Bertz CT molecular complexity index is 440. The van der Waals surface area contributed by atoms with Crippen LogP contribution in [0, 0.1) is 47.9 Å². The molecule has 0 bridgehead atoms. The molecule has 0 aliphatic heterocycles. The molecule has 0 saturated heterocycles. The Morgan fingerprint density at radius 3 is 2.67 bits per heavy atom. The van der Waals surface area contributed by atoms with Crippen LogP contribution in [0.15, 0.2) is 0 Å². The zero-order valence-corrected chi connectivity index (χ0v) is 9.03. The van der Waals surface area contributed by atoms with Gasteiger partial charge in [-0.25, -0.2) is 4.79 Å². The van der Waals surface area contributed by atoms with Gasteiger partial charge < -0.3 is 4.74 Å². The van der Waals surface area contributed by atoms with E-state index in [0.717, 1.165) is 5.75 Å². The van der Waals surface area contributed by atoms with E-state index in [0.29, 0.717) is 6.61 Å². The average Bonchev–Trinajstić information content (AvgIpc) is 2.23. The number of ether oxygens (including phenoxy) is 1. The lowest BCUT2D eigenvalue weighted by Crippen LogP contribution is -2.04. The molecule has 0 aliphatic carbocycles. The molecule has 0 rings (SSSR count). The van der Waals surface area contributed by atoms with Gasteiger partial charge in [0.05, 0.1) is 0 Å². The minimum absolute atomic E-state index is 0. The van der Waals surface area contributed by atoms with E-state index in [4.69, 9.17) is 11.2 Å². The summed E-state index contributed by atoms with van der Waals surface area (Å²) in [7, 11) is 0. The second kappa shape index (κ2) is 10.1. The maximum absolute atomic E-state index is 10.9. The summed E-state index contributed by atoms with van der Waals surface area (Å²) in [6.07, 6.45) is 6.78. The van der Waals surface area contributed by atoms with Gasteiger partial charge in [0.2, 0.25) is 0 Å². The standard InChI is InChI=1S/C12H8O2S.5H2/c1-3-4-5-6-7-8-9-12(13)14-10-11-15-2;;;;;/h1H,10-11H2,2H3;5*1H. The van der Waals surface area contributed by atoms with Crippen molar-refractivity contribution in [3.8, 4) is 47.9 Å². The van der Waals surface area contributed by atoms with Gasteiger partial charge in [-0.3, -0.25) is 0 Å². The molecule has 3 heteroatoms. The van der Waals surface area contributed by atoms with Crippen LogP contribution in [0.3, 0.4) is 0 Å². The summed E-state index contributed by atoms with van der Waals surface area (Å²) in [5.41, 5.74) is 0. The number of hydrogen-bond acceptors (Lipinski definition) is 3. The number of hydrogen-bond donors (Lipinski definition) is 0. The van der Waals surface area contributed by atoms with Crippen LogP contribution >= 0.6 is 11.8 Å². The smallest absolute Gasteiger partial charge is 0.385 e. The Morgan fingerprint density at radius 2 is 2.00 bits per heavy atom. The molecule has 15 heavy (non-hydrogen) atoms. The first-order valence-electron chi connectivity index (χ1n) is 3.93. The van der Waals surface area contributed by atoms with Crippen molar-refractivity contribution in [1.29, 1.82) is 0 Å². The van der Waals surface area contributed by atoms with Crippen molar-refractivity contribution in [2.75, 3.05) is 18.6 Å². The molecule has 0 aliphatic rings. The van der Waals surface area contributed by atoms with Crippen molar-refractivity contribution in [2.24, 2.45) is 0 Å². The number of carbonyl (C=O) groups excluding carboxylic acids is 1. The maximum atomic E-state index is 10.9. The van der Waals surface area contributed by atoms with Crippen LogP contribution in [0.5, 0.6) is 0 Å². The fourth-order valence-electron chi connectivity index (χ4n) is 0.466. The first kappa shape index (κ1) is 13.1. The lowest BCUT2D eigenvalue weighted by Gasteiger charge is -1.95. The molecule has 0 radical (unpaired) electrons. The van der Waals surface area contributed by atoms with Crippen LogP contribution in [0.4, 0.5) is 0 Å². The molecule has 0 atom stereocenters. The third kappa shape index (κ3) is 9.98. The van der Waals surface area contributed by atoms with E-state index >= 15 is 0 Å². The van der Waals surface area contributed by atoms with Gasteiger partial charge in [-0.15, -0.1) is 6.42 Å². The summed E-state index contributed by atoms with van der Waals surface area (Å²) in [5.74, 6) is 16.2. The van der Waals surface area contributed by atoms with Crippen molar-refractivity contribution < 1.29 is 16.7 Å². The zero-order valence-electron chi connectivity index (χ0n) is 8.22. The van der Waals surface area contributed by atoms with Gasteiger partial charge in [0, 0.05) is 18.8 Å². The maximum Gasteiger partial charge on any atom is 0.385 e. The summed E-state index contributed by atoms with van der Waals surface area (Å²) in [6, 6.07) is 0. The predicted octanol–water partition coefficient (Wildman–Crippen LogP) is 1.77. The summed E-state index contributed by atoms with van der Waals surface area (Å²) in [6.45, 7) is 0.360. The van der Waals surface area contributed by atoms with Crippen molar-refractivity contribution in [2.45, 2.75) is 0 Å². The molecular weight excluding hydrogens is 208 g/mol. The lowest BCUT2D eigenvalue weighted by molar-refractivity contribution is -0.136. The highest BCUT2D eigenvalue weighted by molar-refractivity contribution is 7.98. The Hall–Kier alpha value is -1.94. The van der Waals surface area contributed by atoms with Gasteiger partial charge in [0.25, 0.3) is 0 Å². The van der Waals surface area contributed by atoms with E-state index < -0.39 is 5.97 Å². The summed E-state index contributed by atoms with van der Waals surface area (Å²) in [4.78, 5) is 10.9. The highest BCUT2D eigenvalue weighted by Gasteiger charge is 1.93. The number of terminal acetylenes is 1. The van der Waals surface area contributed by atoms with Gasteiger partial charge in [-0.2, -0.15) is 11.8 Å². The largest absolute Gasteiger partial charge is 0.455 e.